The lowest BCUT2D eigenvalue weighted by Gasteiger charge is -2.17. The molecule has 0 fully saturated rings. The molecule has 0 aliphatic carbocycles. The molecule has 1 aromatic heterocycles. The maximum atomic E-state index is 14.0. The standard InChI is InChI=1S/C18H15ClF2N2O4/c1-8-2-5-11-13(17(26)16(25)12(7-24)23(8)11)18(27)22-6-9-3-4-10(20)14(19)15(9)21/h3-4,7-8,25H,2,5-6H2,1H3,(H,22,27)/t8-/m0/s1. The van der Waals surface area contributed by atoms with Gasteiger partial charge in [0.25, 0.3) is 5.91 Å². The van der Waals surface area contributed by atoms with Gasteiger partial charge in [-0.15, -0.1) is 0 Å². The van der Waals surface area contributed by atoms with Gasteiger partial charge in [-0.25, -0.2) is 8.78 Å². The number of aromatic nitrogens is 1. The number of aldehydes is 1. The van der Waals surface area contributed by atoms with Crippen LogP contribution in [0.5, 0.6) is 5.75 Å². The molecule has 3 rings (SSSR count). The Kier molecular flexibility index (Phi) is 5.01. The number of nitrogens with zero attached hydrogens (tertiary/aromatic N) is 1. The summed E-state index contributed by atoms with van der Waals surface area (Å²) in [6.45, 7) is 1.46. The second-order valence-electron chi connectivity index (χ2n) is 6.28. The van der Waals surface area contributed by atoms with Crippen molar-refractivity contribution in [2.75, 3.05) is 0 Å². The van der Waals surface area contributed by atoms with Crippen molar-refractivity contribution in [3.63, 3.8) is 0 Å². The molecular formula is C18H15ClF2N2O4. The maximum Gasteiger partial charge on any atom is 0.257 e. The fraction of sp³-hybridized carbons (Fsp3) is 0.278. The van der Waals surface area contributed by atoms with Gasteiger partial charge in [0, 0.05) is 23.8 Å². The second-order valence-corrected chi connectivity index (χ2v) is 6.66. The van der Waals surface area contributed by atoms with E-state index in [0.29, 0.717) is 24.8 Å². The molecule has 1 aromatic carbocycles. The molecule has 0 bridgehead atoms. The molecule has 1 atom stereocenters. The Morgan fingerprint density at radius 3 is 2.81 bits per heavy atom. The summed E-state index contributed by atoms with van der Waals surface area (Å²) in [5, 5.41) is 11.7. The Morgan fingerprint density at radius 1 is 1.44 bits per heavy atom. The van der Waals surface area contributed by atoms with Crippen LogP contribution in [0.25, 0.3) is 0 Å². The summed E-state index contributed by atoms with van der Waals surface area (Å²) in [7, 11) is 0. The molecule has 1 aliphatic heterocycles. The zero-order chi connectivity index (χ0) is 19.9. The number of pyridine rings is 1. The van der Waals surface area contributed by atoms with Crippen LogP contribution in [0, 0.1) is 11.6 Å². The fourth-order valence-corrected chi connectivity index (χ4v) is 3.47. The number of aromatic hydroxyl groups is 1. The minimum atomic E-state index is -1.01. The molecule has 9 heteroatoms. The Hall–Kier alpha value is -2.74. The van der Waals surface area contributed by atoms with Crippen molar-refractivity contribution >= 4 is 23.8 Å². The Labute approximate surface area is 157 Å². The van der Waals surface area contributed by atoms with Crippen LogP contribution in [0.15, 0.2) is 16.9 Å². The number of rotatable bonds is 4. The fourth-order valence-electron chi connectivity index (χ4n) is 3.28. The SMILES string of the molecule is C[C@H]1CCc2c(C(=O)NCc3ccc(F)c(Cl)c3F)c(=O)c(O)c(C=O)n21. The van der Waals surface area contributed by atoms with Gasteiger partial charge in [-0.3, -0.25) is 14.4 Å². The normalized spacial score (nSPS) is 15.5. The first-order valence-corrected chi connectivity index (χ1v) is 8.51. The monoisotopic (exact) mass is 396 g/mol. The minimum absolute atomic E-state index is 0.0615. The summed E-state index contributed by atoms with van der Waals surface area (Å²) in [4.78, 5) is 36.2. The lowest BCUT2D eigenvalue weighted by molar-refractivity contribution is 0.0946. The summed E-state index contributed by atoms with van der Waals surface area (Å²) in [5.74, 6) is -3.57. The van der Waals surface area contributed by atoms with Crippen molar-refractivity contribution < 1.29 is 23.5 Å². The first-order chi connectivity index (χ1) is 12.8. The number of benzene rings is 1. The lowest BCUT2D eigenvalue weighted by atomic mass is 10.1. The van der Waals surface area contributed by atoms with E-state index in [1.54, 1.807) is 6.92 Å². The number of halogens is 3. The molecule has 27 heavy (non-hydrogen) atoms. The van der Waals surface area contributed by atoms with Gasteiger partial charge in [-0.1, -0.05) is 17.7 Å². The molecule has 2 N–H and O–H groups in total. The highest BCUT2D eigenvalue weighted by molar-refractivity contribution is 6.30. The largest absolute Gasteiger partial charge is 0.503 e. The topological polar surface area (TPSA) is 88.4 Å². The Balaban J connectivity index is 1.97. The lowest BCUT2D eigenvalue weighted by Crippen LogP contribution is -2.32. The third-order valence-electron chi connectivity index (χ3n) is 4.66. The van der Waals surface area contributed by atoms with E-state index in [-0.39, 0.29) is 29.4 Å². The summed E-state index contributed by atoms with van der Waals surface area (Å²) in [6, 6.07) is 1.92. The average Bonchev–Trinajstić information content (AvgIpc) is 3.01. The van der Waals surface area contributed by atoms with E-state index < -0.39 is 33.7 Å². The molecular weight excluding hydrogens is 382 g/mol. The first-order valence-electron chi connectivity index (χ1n) is 8.14. The molecule has 142 valence electrons. The van der Waals surface area contributed by atoms with E-state index in [0.717, 1.165) is 12.1 Å². The molecule has 0 saturated carbocycles. The van der Waals surface area contributed by atoms with Crippen molar-refractivity contribution in [1.82, 2.24) is 9.88 Å². The van der Waals surface area contributed by atoms with E-state index in [1.165, 1.54) is 4.57 Å². The van der Waals surface area contributed by atoms with Gasteiger partial charge in [0.1, 0.15) is 27.9 Å². The number of carbonyl (C=O) groups excluding carboxylic acids is 2. The van der Waals surface area contributed by atoms with Crippen LogP contribution >= 0.6 is 11.6 Å². The highest BCUT2D eigenvalue weighted by atomic mass is 35.5. The van der Waals surface area contributed by atoms with E-state index >= 15 is 0 Å². The third-order valence-corrected chi connectivity index (χ3v) is 5.00. The van der Waals surface area contributed by atoms with Crippen molar-refractivity contribution in [2.24, 2.45) is 0 Å². The number of carbonyl (C=O) groups is 2. The van der Waals surface area contributed by atoms with Crippen LogP contribution in [0.3, 0.4) is 0 Å². The van der Waals surface area contributed by atoms with Crippen LogP contribution in [0.2, 0.25) is 5.02 Å². The van der Waals surface area contributed by atoms with E-state index in [2.05, 4.69) is 5.32 Å². The number of amides is 1. The van der Waals surface area contributed by atoms with Gasteiger partial charge in [0.05, 0.1) is 0 Å². The van der Waals surface area contributed by atoms with Crippen LogP contribution < -0.4 is 10.7 Å². The van der Waals surface area contributed by atoms with E-state index in [1.807, 2.05) is 0 Å². The van der Waals surface area contributed by atoms with Crippen molar-refractivity contribution in [3.8, 4) is 5.75 Å². The van der Waals surface area contributed by atoms with Crippen molar-refractivity contribution in [1.29, 1.82) is 0 Å². The molecule has 0 unspecified atom stereocenters. The average molecular weight is 397 g/mol. The summed E-state index contributed by atoms with van der Waals surface area (Å²) in [6.07, 6.45) is 1.34. The molecule has 2 heterocycles. The van der Waals surface area contributed by atoms with Crippen molar-refractivity contribution in [3.05, 3.63) is 61.5 Å². The molecule has 0 saturated heterocycles. The summed E-state index contributed by atoms with van der Waals surface area (Å²) >= 11 is 5.51. The first kappa shape index (κ1) is 19.0. The van der Waals surface area contributed by atoms with Gasteiger partial charge in [0.15, 0.2) is 12.0 Å². The van der Waals surface area contributed by atoms with Crippen LogP contribution in [0.4, 0.5) is 8.78 Å². The zero-order valence-electron chi connectivity index (χ0n) is 14.2. The van der Waals surface area contributed by atoms with E-state index in [4.69, 9.17) is 11.6 Å². The summed E-state index contributed by atoms with van der Waals surface area (Å²) < 4.78 is 28.6. The quantitative estimate of drug-likeness (QED) is 0.614. The van der Waals surface area contributed by atoms with Crippen LogP contribution in [0.1, 0.15) is 51.5 Å². The highest BCUT2D eigenvalue weighted by Crippen LogP contribution is 2.31. The Morgan fingerprint density at radius 2 is 2.15 bits per heavy atom. The number of nitrogens with one attached hydrogen (secondary N) is 1. The summed E-state index contributed by atoms with van der Waals surface area (Å²) in [5.41, 5.74) is -1.16. The van der Waals surface area contributed by atoms with Gasteiger partial charge in [0.2, 0.25) is 5.43 Å². The highest BCUT2D eigenvalue weighted by Gasteiger charge is 2.31. The third kappa shape index (κ3) is 3.10. The second kappa shape index (κ2) is 7.11. The van der Waals surface area contributed by atoms with Crippen molar-refractivity contribution in [2.45, 2.75) is 32.4 Å². The van der Waals surface area contributed by atoms with Crippen LogP contribution in [-0.4, -0.2) is 21.9 Å². The Bertz CT molecular complexity index is 1020. The number of fused-ring (bicyclic) bond motifs is 1. The van der Waals surface area contributed by atoms with E-state index in [9.17, 15) is 28.3 Å². The molecule has 6 nitrogen and oxygen atoms in total. The number of hydrogen-bond donors (Lipinski definition) is 2. The number of hydrogen-bond acceptors (Lipinski definition) is 4. The predicted molar refractivity (Wildman–Crippen MR) is 93.3 cm³/mol. The molecule has 2 aromatic rings. The van der Waals surface area contributed by atoms with Crippen LogP contribution in [-0.2, 0) is 13.0 Å². The van der Waals surface area contributed by atoms with Gasteiger partial charge in [-0.2, -0.15) is 0 Å². The molecule has 0 spiro atoms. The zero-order valence-corrected chi connectivity index (χ0v) is 14.9. The maximum absolute atomic E-state index is 14.0. The smallest absolute Gasteiger partial charge is 0.257 e. The molecule has 0 radical (unpaired) electrons. The van der Waals surface area contributed by atoms with Gasteiger partial charge >= 0.3 is 0 Å². The van der Waals surface area contributed by atoms with Gasteiger partial charge < -0.3 is 15.0 Å². The molecule has 1 aliphatic rings. The van der Waals surface area contributed by atoms with Gasteiger partial charge in [-0.05, 0) is 25.8 Å². The minimum Gasteiger partial charge on any atom is -0.503 e. The molecule has 1 amide bonds. The predicted octanol–water partition coefficient (Wildman–Crippen LogP) is 2.74.